The van der Waals surface area contributed by atoms with Gasteiger partial charge in [-0.05, 0) is 63.1 Å². The second-order valence-corrected chi connectivity index (χ2v) is 7.85. The summed E-state index contributed by atoms with van der Waals surface area (Å²) in [5, 5.41) is 4.40. The summed E-state index contributed by atoms with van der Waals surface area (Å²) in [4.78, 5) is 25.3. The van der Waals surface area contributed by atoms with Gasteiger partial charge in [-0.1, -0.05) is 0 Å². The van der Waals surface area contributed by atoms with E-state index in [1.165, 1.54) is 0 Å². The van der Waals surface area contributed by atoms with Crippen LogP contribution in [-0.2, 0) is 0 Å². The van der Waals surface area contributed by atoms with Crippen LogP contribution in [0.5, 0.6) is 5.75 Å². The Morgan fingerprint density at radius 3 is 2.77 bits per heavy atom. The largest absolute Gasteiger partial charge is 0.497 e. The van der Waals surface area contributed by atoms with Crippen molar-refractivity contribution < 1.29 is 9.53 Å². The van der Waals surface area contributed by atoms with Gasteiger partial charge in [0.05, 0.1) is 12.8 Å². The highest BCUT2D eigenvalue weighted by Crippen LogP contribution is 2.29. The lowest BCUT2D eigenvalue weighted by Crippen LogP contribution is -2.47. The molecule has 2 aromatic heterocycles. The number of carbonyl (C=O) groups is 1. The van der Waals surface area contributed by atoms with Crippen LogP contribution in [0.4, 0.5) is 11.5 Å². The zero-order valence-electron chi connectivity index (χ0n) is 18.5. The molecule has 7 heteroatoms. The molecule has 1 fully saturated rings. The smallest absolute Gasteiger partial charge is 0.270 e. The van der Waals surface area contributed by atoms with Gasteiger partial charge in [-0.15, -0.1) is 0 Å². The number of hydrogen-bond acceptors (Lipinski definition) is 5. The molecule has 164 valence electrons. The third-order valence-corrected chi connectivity index (χ3v) is 6.02. The third-order valence-electron chi connectivity index (χ3n) is 6.02. The lowest BCUT2D eigenvalue weighted by atomic mass is 10.0. The number of amides is 1. The number of benzene rings is 1. The van der Waals surface area contributed by atoms with Crippen molar-refractivity contribution in [2.24, 2.45) is 0 Å². The van der Waals surface area contributed by atoms with Gasteiger partial charge in [-0.3, -0.25) is 4.79 Å². The summed E-state index contributed by atoms with van der Waals surface area (Å²) in [6.07, 6.45) is 3.70. The van der Waals surface area contributed by atoms with Gasteiger partial charge in [0.15, 0.2) is 5.82 Å². The molecule has 3 heterocycles. The molecule has 2 N–H and O–H groups in total. The van der Waals surface area contributed by atoms with Gasteiger partial charge in [-0.25, -0.2) is 4.98 Å². The van der Waals surface area contributed by atoms with E-state index >= 15 is 0 Å². The Labute approximate surface area is 183 Å². The van der Waals surface area contributed by atoms with Crippen LogP contribution >= 0.6 is 0 Å². The van der Waals surface area contributed by atoms with Crippen molar-refractivity contribution in [2.45, 2.75) is 32.7 Å². The van der Waals surface area contributed by atoms with Crippen molar-refractivity contribution in [1.29, 1.82) is 0 Å². The summed E-state index contributed by atoms with van der Waals surface area (Å²) in [7, 11) is 1.65. The highest BCUT2D eigenvalue weighted by atomic mass is 16.5. The van der Waals surface area contributed by atoms with Crippen LogP contribution < -0.4 is 15.0 Å². The summed E-state index contributed by atoms with van der Waals surface area (Å²) in [5.41, 5.74) is 2.65. The molecule has 0 saturated carbocycles. The standard InChI is InChI=1S/C24H31N5O2/c1-4-25-21-7-6-12-26-23(21)29(5-2)18-10-13-28(14-11-18)24(30)22-16-17-15-19(31-3)8-9-20(17)27-22/h6-9,12,15-16,18,25,27H,4-5,10-11,13-14H2,1-3H3. The number of pyridine rings is 1. The van der Waals surface area contributed by atoms with Gasteiger partial charge in [0.25, 0.3) is 5.91 Å². The molecule has 1 aliphatic heterocycles. The fourth-order valence-corrected chi connectivity index (χ4v) is 4.44. The van der Waals surface area contributed by atoms with Crippen LogP contribution in [0.15, 0.2) is 42.6 Å². The number of piperidine rings is 1. The first-order valence-electron chi connectivity index (χ1n) is 11.1. The summed E-state index contributed by atoms with van der Waals surface area (Å²) >= 11 is 0. The van der Waals surface area contributed by atoms with Crippen LogP contribution in [0, 0.1) is 0 Å². The number of rotatable bonds is 7. The average molecular weight is 422 g/mol. The van der Waals surface area contributed by atoms with Gasteiger partial charge >= 0.3 is 0 Å². The zero-order valence-corrected chi connectivity index (χ0v) is 18.5. The van der Waals surface area contributed by atoms with E-state index < -0.39 is 0 Å². The summed E-state index contributed by atoms with van der Waals surface area (Å²) in [6, 6.07) is 12.1. The molecule has 1 aliphatic rings. The van der Waals surface area contributed by atoms with Gasteiger partial charge in [0.2, 0.25) is 0 Å². The number of ether oxygens (including phenoxy) is 1. The van der Waals surface area contributed by atoms with E-state index in [2.05, 4.69) is 40.1 Å². The molecule has 1 saturated heterocycles. The number of aromatic nitrogens is 2. The van der Waals surface area contributed by atoms with E-state index in [1.54, 1.807) is 7.11 Å². The number of nitrogens with one attached hydrogen (secondary N) is 2. The topological polar surface area (TPSA) is 73.5 Å². The summed E-state index contributed by atoms with van der Waals surface area (Å²) < 4.78 is 5.29. The van der Waals surface area contributed by atoms with Gasteiger partial charge in [-0.2, -0.15) is 0 Å². The van der Waals surface area contributed by atoms with Crippen molar-refractivity contribution >= 4 is 28.3 Å². The maximum atomic E-state index is 13.1. The molecule has 1 aromatic carbocycles. The normalized spacial score (nSPS) is 14.6. The quantitative estimate of drug-likeness (QED) is 0.600. The van der Waals surface area contributed by atoms with E-state index in [-0.39, 0.29) is 5.91 Å². The Morgan fingerprint density at radius 2 is 2.06 bits per heavy atom. The van der Waals surface area contributed by atoms with Gasteiger partial charge in [0.1, 0.15) is 11.4 Å². The molecule has 0 spiro atoms. The molecule has 0 unspecified atom stereocenters. The Morgan fingerprint density at radius 1 is 1.26 bits per heavy atom. The van der Waals surface area contributed by atoms with Crippen LogP contribution in [0.25, 0.3) is 10.9 Å². The zero-order chi connectivity index (χ0) is 21.8. The minimum Gasteiger partial charge on any atom is -0.497 e. The number of likely N-dealkylation sites (tertiary alicyclic amines) is 1. The molecule has 31 heavy (non-hydrogen) atoms. The lowest BCUT2D eigenvalue weighted by Gasteiger charge is -2.39. The number of fused-ring (bicyclic) bond motifs is 1. The SMILES string of the molecule is CCNc1cccnc1N(CC)C1CCN(C(=O)c2cc3cc(OC)ccc3[nH]2)CC1. The summed E-state index contributed by atoms with van der Waals surface area (Å²) in [6.45, 7) is 7.49. The van der Waals surface area contributed by atoms with Crippen LogP contribution in [0.2, 0.25) is 0 Å². The van der Waals surface area contributed by atoms with Gasteiger partial charge in [0, 0.05) is 49.3 Å². The second-order valence-electron chi connectivity index (χ2n) is 7.85. The van der Waals surface area contributed by atoms with E-state index in [4.69, 9.17) is 4.74 Å². The van der Waals surface area contributed by atoms with E-state index in [9.17, 15) is 4.79 Å². The Balaban J connectivity index is 1.45. The van der Waals surface area contributed by atoms with E-state index in [1.807, 2.05) is 41.4 Å². The molecule has 4 rings (SSSR count). The minimum absolute atomic E-state index is 0.0582. The number of anilines is 2. The maximum absolute atomic E-state index is 13.1. The van der Waals surface area contributed by atoms with Crippen LogP contribution in [0.1, 0.15) is 37.2 Å². The Hall–Kier alpha value is -3.22. The molecule has 7 nitrogen and oxygen atoms in total. The maximum Gasteiger partial charge on any atom is 0.270 e. The minimum atomic E-state index is 0.0582. The fraction of sp³-hybridized carbons (Fsp3) is 0.417. The number of hydrogen-bond donors (Lipinski definition) is 2. The van der Waals surface area contributed by atoms with Crippen molar-refractivity contribution in [3.8, 4) is 5.75 Å². The molecule has 0 atom stereocenters. The van der Waals surface area contributed by atoms with Crippen molar-refractivity contribution in [2.75, 3.05) is 43.5 Å². The lowest BCUT2D eigenvalue weighted by molar-refractivity contribution is 0.0707. The van der Waals surface area contributed by atoms with Crippen molar-refractivity contribution in [3.63, 3.8) is 0 Å². The van der Waals surface area contributed by atoms with E-state index in [0.717, 1.165) is 67.2 Å². The number of carbonyl (C=O) groups excluding carboxylic acids is 1. The number of aromatic amines is 1. The number of nitrogens with zero attached hydrogens (tertiary/aromatic N) is 3. The van der Waals surface area contributed by atoms with Crippen molar-refractivity contribution in [3.05, 3.63) is 48.3 Å². The predicted octanol–water partition coefficient (Wildman–Crippen LogP) is 4.13. The molecule has 0 radical (unpaired) electrons. The molecule has 3 aromatic rings. The summed E-state index contributed by atoms with van der Waals surface area (Å²) in [5.74, 6) is 1.85. The van der Waals surface area contributed by atoms with Crippen molar-refractivity contribution in [1.82, 2.24) is 14.9 Å². The number of methoxy groups -OCH3 is 1. The molecule has 1 amide bonds. The highest BCUT2D eigenvalue weighted by molar-refractivity contribution is 5.98. The first-order valence-corrected chi connectivity index (χ1v) is 11.1. The van der Waals surface area contributed by atoms with Crippen LogP contribution in [0.3, 0.4) is 0 Å². The monoisotopic (exact) mass is 421 g/mol. The first-order chi connectivity index (χ1) is 15.1. The highest BCUT2D eigenvalue weighted by Gasteiger charge is 2.29. The Bertz CT molecular complexity index is 1040. The third kappa shape index (κ3) is 4.31. The van der Waals surface area contributed by atoms with Crippen LogP contribution in [-0.4, -0.2) is 60.1 Å². The second kappa shape index (κ2) is 9.29. The first kappa shape index (κ1) is 21.0. The Kier molecular flexibility index (Phi) is 6.30. The fourth-order valence-electron chi connectivity index (χ4n) is 4.44. The predicted molar refractivity (Wildman–Crippen MR) is 125 cm³/mol. The van der Waals surface area contributed by atoms with Gasteiger partial charge < -0.3 is 24.8 Å². The number of H-pyrrole nitrogens is 1. The molecular weight excluding hydrogens is 390 g/mol. The molecular formula is C24H31N5O2. The van der Waals surface area contributed by atoms with E-state index in [0.29, 0.717) is 11.7 Å². The molecule has 0 bridgehead atoms. The average Bonchev–Trinajstić information content (AvgIpc) is 3.24. The molecule has 0 aliphatic carbocycles.